The van der Waals surface area contributed by atoms with Crippen molar-refractivity contribution in [2.24, 2.45) is 0 Å². The third kappa shape index (κ3) is 3.53. The SMILES string of the molecule is CCN1C(=O)C(=Cc2cc3c(cc2F)N(CC)C(C)(C)CC3C)C(=O)N(CC)C1=S. The number of hydrogen-bond acceptors (Lipinski definition) is 4. The molecule has 162 valence electrons. The average molecular weight is 432 g/mol. The van der Waals surface area contributed by atoms with Gasteiger partial charge < -0.3 is 4.90 Å². The molecule has 2 heterocycles. The summed E-state index contributed by atoms with van der Waals surface area (Å²) in [5.74, 6) is -1.15. The fraction of sp³-hybridized carbons (Fsp3) is 0.522. The van der Waals surface area contributed by atoms with E-state index in [2.05, 4.69) is 32.6 Å². The fourth-order valence-electron chi connectivity index (χ4n) is 4.77. The number of fused-ring (bicyclic) bond motifs is 1. The van der Waals surface area contributed by atoms with Gasteiger partial charge >= 0.3 is 0 Å². The van der Waals surface area contributed by atoms with E-state index in [0.717, 1.165) is 24.2 Å². The van der Waals surface area contributed by atoms with Gasteiger partial charge in [0.05, 0.1) is 0 Å². The van der Waals surface area contributed by atoms with Crippen molar-refractivity contribution in [3.63, 3.8) is 0 Å². The predicted octanol–water partition coefficient (Wildman–Crippen LogP) is 4.32. The highest BCUT2D eigenvalue weighted by atomic mass is 32.1. The molecule has 2 aliphatic heterocycles. The van der Waals surface area contributed by atoms with Crippen LogP contribution in [0.4, 0.5) is 10.1 Å². The second-order valence-electron chi connectivity index (χ2n) is 8.53. The molecule has 1 aromatic rings. The lowest BCUT2D eigenvalue weighted by atomic mass is 9.79. The number of nitrogens with zero attached hydrogens (tertiary/aromatic N) is 3. The van der Waals surface area contributed by atoms with Gasteiger partial charge in [-0.05, 0) is 82.9 Å². The van der Waals surface area contributed by atoms with Gasteiger partial charge in [-0.3, -0.25) is 19.4 Å². The number of rotatable bonds is 4. The van der Waals surface area contributed by atoms with Crippen LogP contribution in [0.2, 0.25) is 0 Å². The van der Waals surface area contributed by atoms with Crippen molar-refractivity contribution in [3.8, 4) is 0 Å². The molecular formula is C23H30FN3O2S. The summed E-state index contributed by atoms with van der Waals surface area (Å²) in [6.07, 6.45) is 2.32. The lowest BCUT2D eigenvalue weighted by Crippen LogP contribution is -2.55. The molecule has 1 fully saturated rings. The zero-order chi connectivity index (χ0) is 22.4. The summed E-state index contributed by atoms with van der Waals surface area (Å²) in [4.78, 5) is 30.7. The summed E-state index contributed by atoms with van der Waals surface area (Å²) in [5.41, 5.74) is 2.06. The number of likely N-dealkylation sites (N-methyl/N-ethyl adjacent to an activating group) is 2. The van der Waals surface area contributed by atoms with Crippen LogP contribution in [0.25, 0.3) is 6.08 Å². The minimum absolute atomic E-state index is 0.0534. The molecule has 30 heavy (non-hydrogen) atoms. The van der Waals surface area contributed by atoms with E-state index < -0.39 is 17.6 Å². The lowest BCUT2D eigenvalue weighted by Gasteiger charge is -2.47. The van der Waals surface area contributed by atoms with E-state index in [4.69, 9.17) is 12.2 Å². The Hall–Kier alpha value is -2.28. The highest BCUT2D eigenvalue weighted by Gasteiger charge is 2.39. The standard InChI is InChI=1S/C23H30FN3O2S/c1-7-25-20(28)17(21(29)26(8-2)22(25)30)11-15-10-16-14(4)13-23(5,6)27(9-3)19(16)12-18(15)24/h10-12,14H,7-9,13H2,1-6H3. The number of anilines is 1. The lowest BCUT2D eigenvalue weighted by molar-refractivity contribution is -0.133. The monoisotopic (exact) mass is 431 g/mol. The topological polar surface area (TPSA) is 43.9 Å². The van der Waals surface area contributed by atoms with Gasteiger partial charge in [0.25, 0.3) is 11.8 Å². The molecule has 0 spiro atoms. The molecule has 3 rings (SSSR count). The third-order valence-corrected chi connectivity index (χ3v) is 6.61. The van der Waals surface area contributed by atoms with Crippen LogP contribution in [0.15, 0.2) is 17.7 Å². The normalized spacial score (nSPS) is 21.3. The minimum Gasteiger partial charge on any atom is -0.366 e. The van der Waals surface area contributed by atoms with E-state index >= 15 is 4.39 Å². The van der Waals surface area contributed by atoms with Gasteiger partial charge in [0.1, 0.15) is 11.4 Å². The summed E-state index contributed by atoms with van der Waals surface area (Å²) >= 11 is 5.29. The van der Waals surface area contributed by atoms with Gasteiger partial charge in [-0.15, -0.1) is 0 Å². The Morgan fingerprint density at radius 1 is 1.10 bits per heavy atom. The molecule has 0 N–H and O–H groups in total. The van der Waals surface area contributed by atoms with E-state index in [0.29, 0.717) is 13.1 Å². The number of benzene rings is 1. The predicted molar refractivity (Wildman–Crippen MR) is 122 cm³/mol. The number of thiocarbonyl (C=S) groups is 1. The maximum Gasteiger partial charge on any atom is 0.265 e. The molecule has 1 aromatic carbocycles. The molecule has 2 amide bonds. The molecule has 1 atom stereocenters. The van der Waals surface area contributed by atoms with Gasteiger partial charge in [-0.25, -0.2) is 4.39 Å². The van der Waals surface area contributed by atoms with Crippen LogP contribution < -0.4 is 4.90 Å². The van der Waals surface area contributed by atoms with Crippen LogP contribution in [0.5, 0.6) is 0 Å². The van der Waals surface area contributed by atoms with Crippen molar-refractivity contribution in [1.29, 1.82) is 0 Å². The van der Waals surface area contributed by atoms with Gasteiger partial charge in [0.2, 0.25) is 0 Å². The van der Waals surface area contributed by atoms with Gasteiger partial charge in [0, 0.05) is 36.4 Å². The van der Waals surface area contributed by atoms with Crippen LogP contribution in [-0.4, -0.2) is 51.9 Å². The Balaban J connectivity index is 2.12. The average Bonchev–Trinajstić information content (AvgIpc) is 2.66. The summed E-state index contributed by atoms with van der Waals surface area (Å²) in [6.45, 7) is 13.6. The van der Waals surface area contributed by atoms with Crippen molar-refractivity contribution >= 4 is 40.9 Å². The zero-order valence-electron chi connectivity index (χ0n) is 18.6. The van der Waals surface area contributed by atoms with Crippen LogP contribution in [-0.2, 0) is 9.59 Å². The molecule has 0 aliphatic carbocycles. The molecule has 1 saturated heterocycles. The Labute approximate surface area is 183 Å². The molecular weight excluding hydrogens is 401 g/mol. The maximum atomic E-state index is 15.2. The summed E-state index contributed by atoms with van der Waals surface area (Å²) in [5, 5.41) is 0.201. The first-order valence-corrected chi connectivity index (χ1v) is 11.0. The van der Waals surface area contributed by atoms with Crippen molar-refractivity contribution in [1.82, 2.24) is 9.80 Å². The molecule has 0 saturated carbocycles. The molecule has 0 aromatic heterocycles. The Kier molecular flexibility index (Phi) is 6.05. The number of carbonyl (C=O) groups excluding carboxylic acids is 2. The number of amides is 2. The maximum absolute atomic E-state index is 15.2. The number of carbonyl (C=O) groups is 2. The first-order valence-electron chi connectivity index (χ1n) is 10.6. The van der Waals surface area contributed by atoms with Crippen LogP contribution in [0, 0.1) is 5.82 Å². The van der Waals surface area contributed by atoms with Crippen molar-refractivity contribution < 1.29 is 14.0 Å². The largest absolute Gasteiger partial charge is 0.366 e. The smallest absolute Gasteiger partial charge is 0.265 e. The van der Waals surface area contributed by atoms with E-state index in [1.807, 2.05) is 0 Å². The highest BCUT2D eigenvalue weighted by molar-refractivity contribution is 7.80. The quantitative estimate of drug-likeness (QED) is 0.405. The summed E-state index contributed by atoms with van der Waals surface area (Å²) in [6, 6.07) is 3.33. The van der Waals surface area contributed by atoms with Gasteiger partial charge in [-0.1, -0.05) is 6.92 Å². The third-order valence-electron chi connectivity index (χ3n) is 6.17. The summed E-state index contributed by atoms with van der Waals surface area (Å²) in [7, 11) is 0. The number of hydrogen-bond donors (Lipinski definition) is 0. The minimum atomic E-state index is -0.473. The highest BCUT2D eigenvalue weighted by Crippen LogP contribution is 2.44. The molecule has 1 unspecified atom stereocenters. The molecule has 0 radical (unpaired) electrons. The number of halogens is 1. The second kappa shape index (κ2) is 8.10. The molecule has 0 bridgehead atoms. The first kappa shape index (κ1) is 22.4. The Morgan fingerprint density at radius 2 is 1.67 bits per heavy atom. The fourth-order valence-corrected chi connectivity index (χ4v) is 5.19. The zero-order valence-corrected chi connectivity index (χ0v) is 19.4. The van der Waals surface area contributed by atoms with Gasteiger partial charge in [-0.2, -0.15) is 0 Å². The van der Waals surface area contributed by atoms with Crippen molar-refractivity contribution in [2.45, 2.75) is 59.4 Å². The summed E-state index contributed by atoms with van der Waals surface area (Å²) < 4.78 is 15.2. The van der Waals surface area contributed by atoms with Crippen LogP contribution in [0.1, 0.15) is 65.0 Å². The van der Waals surface area contributed by atoms with Crippen LogP contribution >= 0.6 is 12.2 Å². The second-order valence-corrected chi connectivity index (χ2v) is 8.90. The Bertz CT molecular complexity index is 913. The molecule has 5 nitrogen and oxygen atoms in total. The molecule has 2 aliphatic rings. The van der Waals surface area contributed by atoms with E-state index in [9.17, 15) is 9.59 Å². The van der Waals surface area contributed by atoms with Crippen molar-refractivity contribution in [3.05, 3.63) is 34.6 Å². The first-order chi connectivity index (χ1) is 14.1. The van der Waals surface area contributed by atoms with E-state index in [1.165, 1.54) is 15.9 Å². The molecule has 7 heteroatoms. The van der Waals surface area contributed by atoms with Crippen molar-refractivity contribution in [2.75, 3.05) is 24.5 Å². The van der Waals surface area contributed by atoms with E-state index in [-0.39, 0.29) is 27.7 Å². The van der Waals surface area contributed by atoms with Gasteiger partial charge in [0.15, 0.2) is 5.11 Å². The van der Waals surface area contributed by atoms with E-state index in [1.54, 1.807) is 26.0 Å². The van der Waals surface area contributed by atoms with Crippen LogP contribution in [0.3, 0.4) is 0 Å². The Morgan fingerprint density at radius 3 is 2.17 bits per heavy atom.